The molecular formula is C10H18N2O. The molecule has 0 radical (unpaired) electrons. The lowest BCUT2D eigenvalue weighted by molar-refractivity contribution is -0.123. The molecule has 74 valence electrons. The molecule has 2 N–H and O–H groups in total. The fourth-order valence-electron chi connectivity index (χ4n) is 2.28. The number of nitrogens with one attached hydrogen (secondary N) is 2. The normalized spacial score (nSPS) is 29.4. The molecule has 1 aliphatic heterocycles. The van der Waals surface area contributed by atoms with Crippen molar-refractivity contribution in [2.75, 3.05) is 6.54 Å². The summed E-state index contributed by atoms with van der Waals surface area (Å²) in [5.41, 5.74) is 0. The minimum atomic E-state index is 0.0978. The van der Waals surface area contributed by atoms with Crippen LogP contribution in [0.15, 0.2) is 0 Å². The molecule has 0 aromatic carbocycles. The van der Waals surface area contributed by atoms with Crippen molar-refractivity contribution in [3.05, 3.63) is 0 Å². The van der Waals surface area contributed by atoms with Crippen LogP contribution in [0, 0.1) is 0 Å². The van der Waals surface area contributed by atoms with E-state index in [0.717, 1.165) is 19.4 Å². The lowest BCUT2D eigenvalue weighted by Gasteiger charge is -2.15. The highest BCUT2D eigenvalue weighted by molar-refractivity contribution is 5.82. The summed E-state index contributed by atoms with van der Waals surface area (Å²) in [7, 11) is 0. The van der Waals surface area contributed by atoms with Gasteiger partial charge in [0.2, 0.25) is 5.91 Å². The maximum atomic E-state index is 11.6. The highest BCUT2D eigenvalue weighted by Gasteiger charge is 2.25. The van der Waals surface area contributed by atoms with E-state index in [2.05, 4.69) is 10.6 Å². The van der Waals surface area contributed by atoms with Crippen molar-refractivity contribution < 1.29 is 4.79 Å². The van der Waals surface area contributed by atoms with Gasteiger partial charge in [0.05, 0.1) is 6.04 Å². The number of hydrogen-bond donors (Lipinski definition) is 2. The third-order valence-electron chi connectivity index (χ3n) is 3.08. The summed E-state index contributed by atoms with van der Waals surface area (Å²) in [6, 6.07) is 0.565. The summed E-state index contributed by atoms with van der Waals surface area (Å²) in [5.74, 6) is 0.226. The Morgan fingerprint density at radius 3 is 2.54 bits per heavy atom. The van der Waals surface area contributed by atoms with Crippen molar-refractivity contribution in [3.8, 4) is 0 Å². The summed E-state index contributed by atoms with van der Waals surface area (Å²) in [4.78, 5) is 11.6. The van der Waals surface area contributed by atoms with Crippen molar-refractivity contribution in [3.63, 3.8) is 0 Å². The number of carbonyl (C=O) groups is 1. The van der Waals surface area contributed by atoms with Gasteiger partial charge in [-0.15, -0.1) is 0 Å². The highest BCUT2D eigenvalue weighted by Crippen LogP contribution is 2.18. The second-order valence-electron chi connectivity index (χ2n) is 4.14. The second-order valence-corrected chi connectivity index (χ2v) is 4.14. The minimum Gasteiger partial charge on any atom is -0.352 e. The van der Waals surface area contributed by atoms with Gasteiger partial charge in [0, 0.05) is 6.04 Å². The van der Waals surface area contributed by atoms with E-state index in [1.807, 2.05) is 0 Å². The molecule has 0 spiro atoms. The maximum Gasteiger partial charge on any atom is 0.237 e. The average molecular weight is 182 g/mol. The molecule has 1 saturated heterocycles. The SMILES string of the molecule is O=C(NC1CCCC1)[C@H]1CCCN1. The first-order valence-corrected chi connectivity index (χ1v) is 5.40. The van der Waals surface area contributed by atoms with E-state index in [1.54, 1.807) is 0 Å². The van der Waals surface area contributed by atoms with E-state index in [0.29, 0.717) is 6.04 Å². The van der Waals surface area contributed by atoms with E-state index < -0.39 is 0 Å². The molecule has 1 aliphatic carbocycles. The Hall–Kier alpha value is -0.570. The zero-order valence-corrected chi connectivity index (χ0v) is 8.01. The quantitative estimate of drug-likeness (QED) is 0.663. The van der Waals surface area contributed by atoms with Crippen molar-refractivity contribution in [1.29, 1.82) is 0 Å². The molecule has 3 nitrogen and oxygen atoms in total. The average Bonchev–Trinajstić information content (AvgIpc) is 2.74. The third kappa shape index (κ3) is 2.21. The molecule has 0 bridgehead atoms. The maximum absolute atomic E-state index is 11.6. The van der Waals surface area contributed by atoms with Crippen molar-refractivity contribution in [2.45, 2.75) is 50.6 Å². The molecule has 3 heteroatoms. The molecule has 2 rings (SSSR count). The first-order chi connectivity index (χ1) is 6.36. The number of rotatable bonds is 2. The van der Waals surface area contributed by atoms with Crippen LogP contribution >= 0.6 is 0 Å². The van der Waals surface area contributed by atoms with Gasteiger partial charge in [0.15, 0.2) is 0 Å². The summed E-state index contributed by atoms with van der Waals surface area (Å²) >= 11 is 0. The topological polar surface area (TPSA) is 41.1 Å². The van der Waals surface area contributed by atoms with Crippen LogP contribution in [0.3, 0.4) is 0 Å². The van der Waals surface area contributed by atoms with Crippen LogP contribution in [0.4, 0.5) is 0 Å². The van der Waals surface area contributed by atoms with E-state index in [9.17, 15) is 4.79 Å². The molecule has 1 heterocycles. The smallest absolute Gasteiger partial charge is 0.237 e. The largest absolute Gasteiger partial charge is 0.352 e. The van der Waals surface area contributed by atoms with E-state index >= 15 is 0 Å². The molecule has 0 aromatic rings. The molecule has 2 fully saturated rings. The zero-order chi connectivity index (χ0) is 9.10. The van der Waals surface area contributed by atoms with Crippen LogP contribution in [-0.4, -0.2) is 24.5 Å². The minimum absolute atomic E-state index is 0.0978. The first kappa shape index (κ1) is 9.00. The van der Waals surface area contributed by atoms with Gasteiger partial charge < -0.3 is 10.6 Å². The molecule has 0 aromatic heterocycles. The van der Waals surface area contributed by atoms with Crippen LogP contribution in [0.2, 0.25) is 0 Å². The zero-order valence-electron chi connectivity index (χ0n) is 8.01. The Bertz CT molecular complexity index is 181. The van der Waals surface area contributed by atoms with Crippen LogP contribution < -0.4 is 10.6 Å². The van der Waals surface area contributed by atoms with Gasteiger partial charge in [-0.2, -0.15) is 0 Å². The summed E-state index contributed by atoms with van der Waals surface area (Å²) in [6.07, 6.45) is 7.07. The first-order valence-electron chi connectivity index (χ1n) is 5.40. The fourth-order valence-corrected chi connectivity index (χ4v) is 2.28. The van der Waals surface area contributed by atoms with E-state index in [4.69, 9.17) is 0 Å². The predicted molar refractivity (Wildman–Crippen MR) is 51.4 cm³/mol. The molecule has 1 atom stereocenters. The summed E-state index contributed by atoms with van der Waals surface area (Å²) in [6.45, 7) is 1.00. The molecule has 2 aliphatic rings. The van der Waals surface area contributed by atoms with Crippen molar-refractivity contribution in [1.82, 2.24) is 10.6 Å². The van der Waals surface area contributed by atoms with Gasteiger partial charge >= 0.3 is 0 Å². The Balaban J connectivity index is 1.76. The van der Waals surface area contributed by atoms with Gasteiger partial charge in [-0.25, -0.2) is 0 Å². The van der Waals surface area contributed by atoms with Crippen LogP contribution in [0.25, 0.3) is 0 Å². The second kappa shape index (κ2) is 4.09. The van der Waals surface area contributed by atoms with E-state index in [1.165, 1.54) is 25.7 Å². The number of hydrogen-bond acceptors (Lipinski definition) is 2. The lowest BCUT2D eigenvalue weighted by Crippen LogP contribution is -2.44. The van der Waals surface area contributed by atoms with Gasteiger partial charge in [0.25, 0.3) is 0 Å². The molecular weight excluding hydrogens is 164 g/mol. The fraction of sp³-hybridized carbons (Fsp3) is 0.900. The van der Waals surface area contributed by atoms with Gasteiger partial charge in [-0.05, 0) is 32.2 Å². The Labute approximate surface area is 79.3 Å². The lowest BCUT2D eigenvalue weighted by atomic mass is 10.2. The van der Waals surface area contributed by atoms with Crippen LogP contribution in [0.5, 0.6) is 0 Å². The Morgan fingerprint density at radius 2 is 1.92 bits per heavy atom. The van der Waals surface area contributed by atoms with Crippen LogP contribution in [-0.2, 0) is 4.79 Å². The third-order valence-corrected chi connectivity index (χ3v) is 3.08. The predicted octanol–water partition coefficient (Wildman–Crippen LogP) is 0.797. The van der Waals surface area contributed by atoms with E-state index in [-0.39, 0.29) is 11.9 Å². The van der Waals surface area contributed by atoms with Crippen molar-refractivity contribution in [2.24, 2.45) is 0 Å². The molecule has 1 saturated carbocycles. The van der Waals surface area contributed by atoms with Crippen LogP contribution in [0.1, 0.15) is 38.5 Å². The van der Waals surface area contributed by atoms with Gasteiger partial charge in [0.1, 0.15) is 0 Å². The molecule has 0 unspecified atom stereocenters. The Morgan fingerprint density at radius 1 is 1.15 bits per heavy atom. The monoisotopic (exact) mass is 182 g/mol. The number of amides is 1. The Kier molecular flexibility index (Phi) is 2.83. The standard InChI is InChI=1S/C10H18N2O/c13-10(9-6-3-7-11-9)12-8-4-1-2-5-8/h8-9,11H,1-7H2,(H,12,13)/t9-/m1/s1. The summed E-state index contributed by atoms with van der Waals surface area (Å²) < 4.78 is 0. The molecule has 1 amide bonds. The highest BCUT2D eigenvalue weighted by atomic mass is 16.2. The van der Waals surface area contributed by atoms with Gasteiger partial charge in [-0.3, -0.25) is 4.79 Å². The molecule has 13 heavy (non-hydrogen) atoms. The van der Waals surface area contributed by atoms with Crippen molar-refractivity contribution >= 4 is 5.91 Å². The number of carbonyl (C=O) groups excluding carboxylic acids is 1. The van der Waals surface area contributed by atoms with Gasteiger partial charge in [-0.1, -0.05) is 12.8 Å². The summed E-state index contributed by atoms with van der Waals surface area (Å²) in [5, 5.41) is 6.34.